The van der Waals surface area contributed by atoms with Gasteiger partial charge in [-0.3, -0.25) is 0 Å². The highest BCUT2D eigenvalue weighted by Gasteiger charge is 2.58. The molecule has 0 radical (unpaired) electrons. The Labute approximate surface area is 139 Å². The van der Waals surface area contributed by atoms with Crippen molar-refractivity contribution in [3.05, 3.63) is 0 Å². The van der Waals surface area contributed by atoms with Crippen LogP contribution in [0.4, 0.5) is 13.2 Å². The van der Waals surface area contributed by atoms with Crippen molar-refractivity contribution < 1.29 is 37.3 Å². The summed E-state index contributed by atoms with van der Waals surface area (Å²) >= 11 is 0. The van der Waals surface area contributed by atoms with Gasteiger partial charge in [-0.05, 0) is 53.4 Å². The molecule has 0 saturated heterocycles. The molecule has 0 aliphatic heterocycles. The lowest BCUT2D eigenvalue weighted by atomic mass is 9.89. The van der Waals surface area contributed by atoms with Crippen LogP contribution in [0.2, 0.25) is 0 Å². The first-order valence-corrected chi connectivity index (χ1v) is 7.87. The zero-order valence-electron chi connectivity index (χ0n) is 14.6. The molecule has 1 aliphatic carbocycles. The van der Waals surface area contributed by atoms with Crippen LogP contribution in [0.1, 0.15) is 60.3 Å². The Kier molecular flexibility index (Phi) is 5.65. The van der Waals surface area contributed by atoms with E-state index in [0.29, 0.717) is 0 Å². The lowest BCUT2D eigenvalue weighted by Crippen LogP contribution is -2.54. The predicted octanol–water partition coefficient (Wildman–Crippen LogP) is 3.13. The Morgan fingerprint density at radius 3 is 1.79 bits per heavy atom. The summed E-state index contributed by atoms with van der Waals surface area (Å²) in [4.78, 5) is 23.9. The number of hydrogen-bond donors (Lipinski definition) is 1. The highest BCUT2D eigenvalue weighted by molar-refractivity contribution is 5.86. The van der Waals surface area contributed by atoms with Crippen LogP contribution in [0, 0.1) is 5.92 Å². The van der Waals surface area contributed by atoms with Gasteiger partial charge < -0.3 is 14.6 Å². The van der Waals surface area contributed by atoms with Gasteiger partial charge in [-0.15, -0.1) is 0 Å². The summed E-state index contributed by atoms with van der Waals surface area (Å²) in [7, 11) is 0. The standard InChI is InChI=1S/C16H25F3O5/c1-13(2,10-8-6-7-9-10)23-11(20)14(3,4)24-12(21)15(5,22)16(17,18)19/h10,22H,6-9H2,1-5H3. The van der Waals surface area contributed by atoms with Crippen LogP contribution in [0.25, 0.3) is 0 Å². The van der Waals surface area contributed by atoms with Crippen LogP contribution in [-0.2, 0) is 19.1 Å². The molecule has 1 aliphatic rings. The normalized spacial score (nSPS) is 19.7. The van der Waals surface area contributed by atoms with Gasteiger partial charge in [0.15, 0.2) is 0 Å². The van der Waals surface area contributed by atoms with Crippen molar-refractivity contribution in [1.82, 2.24) is 0 Å². The van der Waals surface area contributed by atoms with Crippen molar-refractivity contribution >= 4 is 11.9 Å². The first-order valence-electron chi connectivity index (χ1n) is 7.87. The van der Waals surface area contributed by atoms with Gasteiger partial charge in [-0.1, -0.05) is 12.8 Å². The molecule has 1 unspecified atom stereocenters. The van der Waals surface area contributed by atoms with E-state index in [2.05, 4.69) is 4.74 Å². The van der Waals surface area contributed by atoms with E-state index in [4.69, 9.17) is 4.74 Å². The highest BCUT2D eigenvalue weighted by Crippen LogP contribution is 2.37. The number of alkyl halides is 3. The first kappa shape index (κ1) is 20.7. The van der Waals surface area contributed by atoms with Gasteiger partial charge in [0.05, 0.1) is 0 Å². The molecule has 0 aromatic carbocycles. The van der Waals surface area contributed by atoms with Gasteiger partial charge in [-0.2, -0.15) is 13.2 Å². The van der Waals surface area contributed by atoms with E-state index < -0.39 is 34.9 Å². The van der Waals surface area contributed by atoms with Gasteiger partial charge in [0.2, 0.25) is 5.60 Å². The van der Waals surface area contributed by atoms with Crippen molar-refractivity contribution in [1.29, 1.82) is 0 Å². The molecule has 1 fully saturated rings. The Hall–Kier alpha value is -1.31. The summed E-state index contributed by atoms with van der Waals surface area (Å²) in [5.74, 6) is -2.76. The second kappa shape index (κ2) is 6.54. The molecule has 0 amide bonds. The van der Waals surface area contributed by atoms with E-state index in [1.807, 2.05) is 0 Å². The number of halogens is 3. The molecule has 1 rings (SSSR count). The van der Waals surface area contributed by atoms with Crippen LogP contribution in [-0.4, -0.2) is 40.0 Å². The van der Waals surface area contributed by atoms with E-state index in [-0.39, 0.29) is 12.8 Å². The minimum absolute atomic E-state index is 0.145. The first-order chi connectivity index (χ1) is 10.6. The summed E-state index contributed by atoms with van der Waals surface area (Å²) in [6.07, 6.45) is -1.38. The third-order valence-electron chi connectivity index (χ3n) is 4.48. The fraction of sp³-hybridized carbons (Fsp3) is 0.875. The summed E-state index contributed by atoms with van der Waals surface area (Å²) in [5.41, 5.74) is -6.47. The third kappa shape index (κ3) is 4.40. The van der Waals surface area contributed by atoms with Gasteiger partial charge in [0, 0.05) is 0 Å². The molecule has 1 N–H and O–H groups in total. The summed E-state index contributed by atoms with van der Waals surface area (Å²) in [6, 6.07) is 0. The number of hydrogen-bond acceptors (Lipinski definition) is 5. The number of ether oxygens (including phenoxy) is 2. The molecule has 1 atom stereocenters. The fourth-order valence-corrected chi connectivity index (χ4v) is 2.55. The van der Waals surface area contributed by atoms with Gasteiger partial charge in [-0.25, -0.2) is 9.59 Å². The van der Waals surface area contributed by atoms with E-state index in [1.54, 1.807) is 13.8 Å². The van der Waals surface area contributed by atoms with Gasteiger partial charge in [0.1, 0.15) is 5.60 Å². The number of aliphatic hydroxyl groups is 1. The number of rotatable bonds is 5. The largest absolute Gasteiger partial charge is 0.456 e. The van der Waals surface area contributed by atoms with Crippen molar-refractivity contribution in [2.75, 3.05) is 0 Å². The van der Waals surface area contributed by atoms with E-state index in [0.717, 1.165) is 39.5 Å². The molecule has 5 nitrogen and oxygen atoms in total. The Bertz CT molecular complexity index is 488. The number of esters is 2. The minimum atomic E-state index is -5.22. The monoisotopic (exact) mass is 354 g/mol. The average molecular weight is 354 g/mol. The van der Waals surface area contributed by atoms with Gasteiger partial charge >= 0.3 is 18.1 Å². The average Bonchev–Trinajstić information content (AvgIpc) is 2.90. The maximum absolute atomic E-state index is 12.7. The zero-order chi connectivity index (χ0) is 19.0. The lowest BCUT2D eigenvalue weighted by Gasteiger charge is -2.35. The molecule has 0 spiro atoms. The van der Waals surface area contributed by atoms with E-state index >= 15 is 0 Å². The summed E-state index contributed by atoms with van der Waals surface area (Å²) in [5, 5.41) is 9.32. The molecule has 140 valence electrons. The van der Waals surface area contributed by atoms with Crippen molar-refractivity contribution in [2.45, 2.75) is 83.3 Å². The zero-order valence-corrected chi connectivity index (χ0v) is 14.6. The van der Waals surface area contributed by atoms with Gasteiger partial charge in [0.25, 0.3) is 5.60 Å². The molecule has 0 bridgehead atoms. The smallest absolute Gasteiger partial charge is 0.427 e. The number of carbonyl (C=O) groups is 2. The van der Waals surface area contributed by atoms with Crippen LogP contribution in [0.3, 0.4) is 0 Å². The quantitative estimate of drug-likeness (QED) is 0.768. The molecule has 1 saturated carbocycles. The van der Waals surface area contributed by atoms with Crippen molar-refractivity contribution in [2.24, 2.45) is 5.92 Å². The predicted molar refractivity (Wildman–Crippen MR) is 79.0 cm³/mol. The maximum atomic E-state index is 12.7. The van der Waals surface area contributed by atoms with Crippen molar-refractivity contribution in [3.63, 3.8) is 0 Å². The maximum Gasteiger partial charge on any atom is 0.427 e. The second-order valence-corrected chi connectivity index (χ2v) is 7.44. The SMILES string of the molecule is CC(C)(OC(=O)C(C)(O)C(F)(F)F)C(=O)OC(C)(C)C1CCCC1. The van der Waals surface area contributed by atoms with Crippen molar-refractivity contribution in [3.8, 4) is 0 Å². The molecule has 0 heterocycles. The third-order valence-corrected chi connectivity index (χ3v) is 4.48. The summed E-state index contributed by atoms with van der Waals surface area (Å²) < 4.78 is 48.0. The lowest BCUT2D eigenvalue weighted by molar-refractivity contribution is -0.262. The second-order valence-electron chi connectivity index (χ2n) is 7.44. The summed E-state index contributed by atoms with van der Waals surface area (Å²) in [6.45, 7) is 5.99. The highest BCUT2D eigenvalue weighted by atomic mass is 19.4. The molecule has 8 heteroatoms. The minimum Gasteiger partial charge on any atom is -0.456 e. The van der Waals surface area contributed by atoms with Crippen LogP contribution >= 0.6 is 0 Å². The van der Waals surface area contributed by atoms with Crippen LogP contribution in [0.15, 0.2) is 0 Å². The molecular weight excluding hydrogens is 329 g/mol. The van der Waals surface area contributed by atoms with E-state index in [9.17, 15) is 27.9 Å². The molecular formula is C16H25F3O5. The van der Waals surface area contributed by atoms with E-state index in [1.165, 1.54) is 0 Å². The Balaban J connectivity index is 2.80. The topological polar surface area (TPSA) is 72.8 Å². The number of carbonyl (C=O) groups excluding carboxylic acids is 2. The van der Waals surface area contributed by atoms with Crippen LogP contribution < -0.4 is 0 Å². The molecule has 0 aromatic heterocycles. The molecule has 24 heavy (non-hydrogen) atoms. The fourth-order valence-electron chi connectivity index (χ4n) is 2.55. The molecule has 0 aromatic rings. The Morgan fingerprint density at radius 2 is 1.38 bits per heavy atom. The Morgan fingerprint density at radius 1 is 0.917 bits per heavy atom. The van der Waals surface area contributed by atoms with Crippen LogP contribution in [0.5, 0.6) is 0 Å².